The molecule has 0 unspecified atom stereocenters. The minimum atomic E-state index is -2.92. The Labute approximate surface area is 145 Å². The molecule has 0 amide bonds. The summed E-state index contributed by atoms with van der Waals surface area (Å²) in [6, 6.07) is 11.1. The van der Waals surface area contributed by atoms with Crippen LogP contribution >= 0.6 is 0 Å². The molecule has 1 aliphatic rings. The lowest BCUT2D eigenvalue weighted by Gasteiger charge is -2.03. The predicted octanol–water partition coefficient (Wildman–Crippen LogP) is 3.54. The Hall–Kier alpha value is -3.62. The van der Waals surface area contributed by atoms with Gasteiger partial charge in [-0.15, -0.1) is 0 Å². The minimum absolute atomic E-state index is 0.0167. The van der Waals surface area contributed by atoms with E-state index in [1.807, 2.05) is 0 Å². The Morgan fingerprint density at radius 1 is 1.19 bits per heavy atom. The lowest BCUT2D eigenvalue weighted by atomic mass is 10.2. The van der Waals surface area contributed by atoms with E-state index in [1.54, 1.807) is 0 Å². The molecule has 0 spiro atoms. The van der Waals surface area contributed by atoms with Crippen molar-refractivity contribution >= 4 is 23.6 Å². The van der Waals surface area contributed by atoms with Gasteiger partial charge in [0.15, 0.2) is 5.70 Å². The maximum atomic E-state index is 12.1. The van der Waals surface area contributed by atoms with Crippen LogP contribution in [-0.2, 0) is 9.53 Å². The Morgan fingerprint density at radius 2 is 1.92 bits per heavy atom. The van der Waals surface area contributed by atoms with Gasteiger partial charge in [0.05, 0.1) is 4.92 Å². The van der Waals surface area contributed by atoms with E-state index >= 15 is 0 Å². The average Bonchev–Trinajstić information content (AvgIpc) is 2.97. The van der Waals surface area contributed by atoms with Crippen LogP contribution in [0.3, 0.4) is 0 Å². The number of nitro groups is 1. The summed E-state index contributed by atoms with van der Waals surface area (Å²) in [5.74, 6) is -0.793. The average molecular weight is 360 g/mol. The Morgan fingerprint density at radius 3 is 2.58 bits per heavy atom. The second kappa shape index (κ2) is 7.09. The summed E-state index contributed by atoms with van der Waals surface area (Å²) in [6.45, 7) is -2.92. The molecule has 2 aromatic rings. The van der Waals surface area contributed by atoms with E-state index in [-0.39, 0.29) is 28.6 Å². The normalized spacial score (nSPS) is 15.1. The molecule has 1 heterocycles. The van der Waals surface area contributed by atoms with Crippen molar-refractivity contribution in [1.29, 1.82) is 0 Å². The van der Waals surface area contributed by atoms with Crippen molar-refractivity contribution in [2.24, 2.45) is 4.99 Å². The van der Waals surface area contributed by atoms with Gasteiger partial charge >= 0.3 is 12.6 Å². The summed E-state index contributed by atoms with van der Waals surface area (Å²) in [5.41, 5.74) is 0.626. The van der Waals surface area contributed by atoms with E-state index in [0.717, 1.165) is 0 Å². The van der Waals surface area contributed by atoms with E-state index in [1.165, 1.54) is 54.6 Å². The Bertz CT molecular complexity index is 923. The first kappa shape index (κ1) is 17.2. The molecule has 7 nitrogen and oxygen atoms in total. The molecule has 0 saturated carbocycles. The van der Waals surface area contributed by atoms with Crippen molar-refractivity contribution < 1.29 is 28.0 Å². The molecule has 1 aliphatic heterocycles. The summed E-state index contributed by atoms with van der Waals surface area (Å²) in [6.07, 6.45) is 1.40. The molecular weight excluding hydrogens is 350 g/mol. The van der Waals surface area contributed by atoms with Crippen LogP contribution in [0, 0.1) is 10.1 Å². The third kappa shape index (κ3) is 3.89. The number of carbonyl (C=O) groups is 1. The molecule has 0 N–H and O–H groups in total. The first-order valence-corrected chi connectivity index (χ1v) is 7.24. The molecular formula is C17H10F2N2O5. The molecule has 9 heteroatoms. The van der Waals surface area contributed by atoms with Crippen LogP contribution in [0.25, 0.3) is 6.08 Å². The fourth-order valence-corrected chi connectivity index (χ4v) is 2.19. The number of alkyl halides is 2. The zero-order valence-corrected chi connectivity index (χ0v) is 13.0. The number of ether oxygens (including phenoxy) is 2. The van der Waals surface area contributed by atoms with Crippen molar-refractivity contribution in [2.45, 2.75) is 6.61 Å². The summed E-state index contributed by atoms with van der Waals surface area (Å²) in [4.78, 5) is 26.2. The number of carbonyl (C=O) groups excluding carboxylic acids is 1. The van der Waals surface area contributed by atoms with Crippen LogP contribution in [0.2, 0.25) is 0 Å². The number of benzene rings is 2. The van der Waals surface area contributed by atoms with Crippen LogP contribution in [-0.4, -0.2) is 23.4 Å². The van der Waals surface area contributed by atoms with Crippen molar-refractivity contribution in [1.82, 2.24) is 0 Å². The van der Waals surface area contributed by atoms with E-state index in [9.17, 15) is 23.7 Å². The molecule has 0 aliphatic carbocycles. The van der Waals surface area contributed by atoms with Gasteiger partial charge in [-0.3, -0.25) is 10.1 Å². The van der Waals surface area contributed by atoms with E-state index in [0.29, 0.717) is 5.56 Å². The van der Waals surface area contributed by atoms with Gasteiger partial charge in [0.1, 0.15) is 5.75 Å². The highest BCUT2D eigenvalue weighted by Crippen LogP contribution is 2.22. The number of halogens is 2. The van der Waals surface area contributed by atoms with Crippen LogP contribution in [0.15, 0.2) is 59.2 Å². The molecule has 0 fully saturated rings. The zero-order valence-electron chi connectivity index (χ0n) is 13.0. The lowest BCUT2D eigenvalue weighted by Crippen LogP contribution is -2.05. The van der Waals surface area contributed by atoms with E-state index in [2.05, 4.69) is 9.73 Å². The molecule has 0 aromatic heterocycles. The van der Waals surface area contributed by atoms with Gasteiger partial charge in [-0.1, -0.05) is 18.2 Å². The first-order chi connectivity index (χ1) is 12.4. The van der Waals surface area contributed by atoms with Gasteiger partial charge in [0.2, 0.25) is 5.90 Å². The van der Waals surface area contributed by atoms with E-state index in [4.69, 9.17) is 4.74 Å². The van der Waals surface area contributed by atoms with Crippen LogP contribution in [0.1, 0.15) is 11.1 Å². The first-order valence-electron chi connectivity index (χ1n) is 7.24. The second-order valence-electron chi connectivity index (χ2n) is 5.09. The maximum Gasteiger partial charge on any atom is 0.387 e. The number of cyclic esters (lactones) is 1. The van der Waals surface area contributed by atoms with Crippen LogP contribution < -0.4 is 4.74 Å². The quantitative estimate of drug-likeness (QED) is 0.352. The summed E-state index contributed by atoms with van der Waals surface area (Å²) < 4.78 is 33.5. The molecule has 2 aromatic carbocycles. The van der Waals surface area contributed by atoms with Gasteiger partial charge < -0.3 is 9.47 Å². The molecule has 0 radical (unpaired) electrons. The lowest BCUT2D eigenvalue weighted by molar-refractivity contribution is -0.384. The predicted molar refractivity (Wildman–Crippen MR) is 86.8 cm³/mol. The van der Waals surface area contributed by atoms with Crippen LogP contribution in [0.5, 0.6) is 5.75 Å². The monoisotopic (exact) mass is 360 g/mol. The Kier molecular flexibility index (Phi) is 4.70. The van der Waals surface area contributed by atoms with Gasteiger partial charge in [-0.2, -0.15) is 8.78 Å². The van der Waals surface area contributed by atoms with Gasteiger partial charge in [0, 0.05) is 17.7 Å². The zero-order chi connectivity index (χ0) is 18.7. The fourth-order valence-electron chi connectivity index (χ4n) is 2.19. The maximum absolute atomic E-state index is 12.1. The number of hydrogen-bond donors (Lipinski definition) is 0. The van der Waals surface area contributed by atoms with Crippen LogP contribution in [0.4, 0.5) is 14.5 Å². The van der Waals surface area contributed by atoms with Gasteiger partial charge in [0.25, 0.3) is 5.69 Å². The second-order valence-corrected chi connectivity index (χ2v) is 5.09. The van der Waals surface area contributed by atoms with Crippen molar-refractivity contribution in [3.63, 3.8) is 0 Å². The number of non-ortho nitro benzene ring substituents is 1. The number of esters is 1. The topological polar surface area (TPSA) is 91.0 Å². The molecule has 132 valence electrons. The minimum Gasteiger partial charge on any atom is -0.435 e. The fraction of sp³-hybridized carbons (Fsp3) is 0.0588. The highest BCUT2D eigenvalue weighted by atomic mass is 19.3. The smallest absolute Gasteiger partial charge is 0.387 e. The molecule has 3 rings (SSSR count). The van der Waals surface area contributed by atoms with E-state index < -0.39 is 17.5 Å². The number of hydrogen-bond acceptors (Lipinski definition) is 6. The number of nitrogens with zero attached hydrogens (tertiary/aromatic N) is 2. The standard InChI is InChI=1S/C17H10F2N2O5/c18-17(19)25-13-6-4-10(5-7-13)8-14-16(22)26-15(20-14)11-2-1-3-12(9-11)21(23)24/h1-9,17H/b14-8-. The summed E-state index contributed by atoms with van der Waals surface area (Å²) in [7, 11) is 0. The molecule has 0 bridgehead atoms. The third-order valence-electron chi connectivity index (χ3n) is 3.33. The molecule has 0 atom stereocenters. The number of aliphatic imine (C=N–C) groups is 1. The summed E-state index contributed by atoms with van der Waals surface area (Å²) in [5, 5.41) is 10.8. The van der Waals surface area contributed by atoms with Crippen molar-refractivity contribution in [2.75, 3.05) is 0 Å². The largest absolute Gasteiger partial charge is 0.435 e. The SMILES string of the molecule is O=C1OC(c2cccc([N+](=O)[O-])c2)=N/C1=C\c1ccc(OC(F)F)cc1. The van der Waals surface area contributed by atoms with Gasteiger partial charge in [-0.25, -0.2) is 9.79 Å². The molecule has 26 heavy (non-hydrogen) atoms. The van der Waals surface area contributed by atoms with Crippen molar-refractivity contribution in [3.8, 4) is 5.75 Å². The summed E-state index contributed by atoms with van der Waals surface area (Å²) >= 11 is 0. The third-order valence-corrected chi connectivity index (χ3v) is 3.33. The Balaban J connectivity index is 1.84. The highest BCUT2D eigenvalue weighted by Gasteiger charge is 2.25. The molecule has 0 saturated heterocycles. The van der Waals surface area contributed by atoms with Crippen molar-refractivity contribution in [3.05, 3.63) is 75.5 Å². The van der Waals surface area contributed by atoms with Gasteiger partial charge in [-0.05, 0) is 29.8 Å². The number of nitro benzene ring substituents is 1. The highest BCUT2D eigenvalue weighted by molar-refractivity contribution is 6.13. The number of rotatable bonds is 5.